The molecular formula is C54H89NO7. The SMILES string of the molecule is CC/C=C/C=C/C=C/C=C/C=C/C=C/C=C/CCCCCC(=O)OCC(COCCC(C(=O)[O-])[N+](C)(C)C)OC(=O)CCCCCCCCC/C=C/CCCCCCCCCC. The van der Waals surface area contributed by atoms with Crippen LogP contribution in [0.4, 0.5) is 0 Å². The third-order valence-corrected chi connectivity index (χ3v) is 10.4. The van der Waals surface area contributed by atoms with E-state index >= 15 is 0 Å². The van der Waals surface area contributed by atoms with E-state index < -0.39 is 18.1 Å². The van der Waals surface area contributed by atoms with Gasteiger partial charge in [0, 0.05) is 19.3 Å². The van der Waals surface area contributed by atoms with Crippen LogP contribution < -0.4 is 5.11 Å². The van der Waals surface area contributed by atoms with E-state index in [4.69, 9.17) is 14.2 Å². The van der Waals surface area contributed by atoms with Crippen molar-refractivity contribution in [3.05, 3.63) is 97.2 Å². The van der Waals surface area contributed by atoms with Gasteiger partial charge in [-0.05, 0) is 57.8 Å². The molecule has 0 saturated heterocycles. The normalized spacial score (nSPS) is 13.8. The zero-order valence-electron chi connectivity index (χ0n) is 40.0. The molecule has 0 aromatic heterocycles. The van der Waals surface area contributed by atoms with Crippen molar-refractivity contribution in [3.8, 4) is 0 Å². The molecule has 0 bridgehead atoms. The summed E-state index contributed by atoms with van der Waals surface area (Å²) < 4.78 is 17.2. The summed E-state index contributed by atoms with van der Waals surface area (Å²) in [6.45, 7) is 4.45. The summed E-state index contributed by atoms with van der Waals surface area (Å²) in [5, 5.41) is 11.7. The van der Waals surface area contributed by atoms with Crippen molar-refractivity contribution in [2.24, 2.45) is 0 Å². The molecule has 62 heavy (non-hydrogen) atoms. The Balaban J connectivity index is 4.41. The Labute approximate surface area is 379 Å². The third-order valence-electron chi connectivity index (χ3n) is 10.4. The Morgan fingerprint density at radius 2 is 0.919 bits per heavy atom. The number of allylic oxidation sites excluding steroid dienone is 16. The van der Waals surface area contributed by atoms with Crippen molar-refractivity contribution in [2.75, 3.05) is 41.0 Å². The minimum Gasteiger partial charge on any atom is -0.544 e. The number of carbonyl (C=O) groups is 3. The van der Waals surface area contributed by atoms with Gasteiger partial charge in [-0.1, -0.05) is 195 Å². The molecule has 0 rings (SSSR count). The first-order valence-electron chi connectivity index (χ1n) is 24.4. The van der Waals surface area contributed by atoms with Crippen LogP contribution in [0.2, 0.25) is 0 Å². The van der Waals surface area contributed by atoms with Gasteiger partial charge >= 0.3 is 11.9 Å². The lowest BCUT2D eigenvalue weighted by Gasteiger charge is -2.34. The van der Waals surface area contributed by atoms with Gasteiger partial charge < -0.3 is 28.6 Å². The second kappa shape index (κ2) is 43.9. The summed E-state index contributed by atoms with van der Waals surface area (Å²) in [7, 11) is 5.39. The highest BCUT2D eigenvalue weighted by Gasteiger charge is 2.25. The van der Waals surface area contributed by atoms with Gasteiger partial charge in [-0.25, -0.2) is 0 Å². The first-order chi connectivity index (χ1) is 30.1. The van der Waals surface area contributed by atoms with Crippen molar-refractivity contribution in [1.29, 1.82) is 0 Å². The average Bonchev–Trinajstić information content (AvgIpc) is 3.23. The number of quaternary nitrogens is 1. The summed E-state index contributed by atoms with van der Waals surface area (Å²) in [4.78, 5) is 37.0. The number of nitrogens with zero attached hydrogens (tertiary/aromatic N) is 1. The molecule has 2 atom stereocenters. The van der Waals surface area contributed by atoms with Crippen LogP contribution >= 0.6 is 0 Å². The number of esters is 2. The van der Waals surface area contributed by atoms with E-state index in [2.05, 4.69) is 38.2 Å². The highest BCUT2D eigenvalue weighted by molar-refractivity contribution is 5.70. The molecule has 0 spiro atoms. The number of hydrogen-bond acceptors (Lipinski definition) is 7. The molecule has 0 aromatic rings. The van der Waals surface area contributed by atoms with Crippen molar-refractivity contribution in [3.63, 3.8) is 0 Å². The molecule has 0 aliphatic rings. The van der Waals surface area contributed by atoms with Crippen molar-refractivity contribution >= 4 is 17.9 Å². The molecule has 0 heterocycles. The quantitative estimate of drug-likeness (QED) is 0.0198. The van der Waals surface area contributed by atoms with Gasteiger partial charge in [-0.15, -0.1) is 0 Å². The van der Waals surface area contributed by atoms with Gasteiger partial charge in [-0.2, -0.15) is 0 Å². The number of ether oxygens (including phenoxy) is 3. The zero-order chi connectivity index (χ0) is 45.6. The lowest BCUT2D eigenvalue weighted by atomic mass is 10.1. The van der Waals surface area contributed by atoms with E-state index in [1.807, 2.05) is 72.9 Å². The Bertz CT molecular complexity index is 1330. The number of carboxylic acid groups (broad SMARTS) is 1. The van der Waals surface area contributed by atoms with Gasteiger partial charge in [0.25, 0.3) is 0 Å². The van der Waals surface area contributed by atoms with Crippen molar-refractivity contribution in [2.45, 2.75) is 187 Å². The fourth-order valence-corrected chi connectivity index (χ4v) is 6.64. The minimum absolute atomic E-state index is 0.0180. The molecule has 352 valence electrons. The van der Waals surface area contributed by atoms with Gasteiger partial charge in [0.2, 0.25) is 0 Å². The summed E-state index contributed by atoms with van der Waals surface area (Å²) in [5.41, 5.74) is 0. The Morgan fingerprint density at radius 3 is 1.40 bits per heavy atom. The van der Waals surface area contributed by atoms with Crippen LogP contribution in [0, 0.1) is 0 Å². The lowest BCUT2D eigenvalue weighted by Crippen LogP contribution is -2.55. The van der Waals surface area contributed by atoms with E-state index in [-0.39, 0.29) is 49.1 Å². The van der Waals surface area contributed by atoms with E-state index in [1.165, 1.54) is 89.9 Å². The number of hydrogen-bond donors (Lipinski definition) is 0. The second-order valence-corrected chi connectivity index (χ2v) is 17.1. The molecule has 8 heteroatoms. The molecule has 0 amide bonds. The standard InChI is InChI=1S/C54H89NO7/c1-6-8-10-12-14-16-18-20-22-24-26-28-30-32-34-36-38-40-42-44-52(56)61-49-50(48-60-47-46-51(54(58)59)55(3,4)5)62-53(57)45-43-41-39-37-35-33-31-29-27-25-23-21-19-17-15-13-11-9-7-2/h8,10,12,14,16,18,20,22,24-28,30,32,34,50-51H,6-7,9,11,13,15,17,19,21,23,29,31,33,35-49H2,1-5H3/b10-8+,14-12+,18-16+,22-20+,26-24+,27-25+,30-28+,34-32+. The van der Waals surface area contributed by atoms with E-state index in [0.717, 1.165) is 44.9 Å². The van der Waals surface area contributed by atoms with Gasteiger partial charge in [-0.3, -0.25) is 9.59 Å². The molecular weight excluding hydrogens is 775 g/mol. The highest BCUT2D eigenvalue weighted by atomic mass is 16.6. The molecule has 2 unspecified atom stereocenters. The number of unbranched alkanes of at least 4 members (excludes halogenated alkanes) is 18. The molecule has 0 aliphatic carbocycles. The van der Waals surface area contributed by atoms with Gasteiger partial charge in [0.15, 0.2) is 6.10 Å². The Kier molecular flexibility index (Phi) is 41.2. The predicted octanol–water partition coefficient (Wildman–Crippen LogP) is 12.5. The first-order valence-corrected chi connectivity index (χ1v) is 24.4. The van der Waals surface area contributed by atoms with Gasteiger partial charge in [0.05, 0.1) is 40.3 Å². The monoisotopic (exact) mass is 864 g/mol. The topological polar surface area (TPSA) is 102 Å². The molecule has 0 aromatic carbocycles. The van der Waals surface area contributed by atoms with E-state index in [9.17, 15) is 19.5 Å². The molecule has 0 radical (unpaired) electrons. The molecule has 0 fully saturated rings. The van der Waals surface area contributed by atoms with Crippen LogP contribution in [-0.4, -0.2) is 75.5 Å². The van der Waals surface area contributed by atoms with Crippen molar-refractivity contribution < 1.29 is 38.2 Å². The second-order valence-electron chi connectivity index (χ2n) is 17.1. The fourth-order valence-electron chi connectivity index (χ4n) is 6.64. The van der Waals surface area contributed by atoms with Crippen LogP contribution in [0.5, 0.6) is 0 Å². The molecule has 8 nitrogen and oxygen atoms in total. The number of rotatable bonds is 42. The fraction of sp³-hybridized carbons (Fsp3) is 0.648. The summed E-state index contributed by atoms with van der Waals surface area (Å²) in [6.07, 6.45) is 58.6. The van der Waals surface area contributed by atoms with Gasteiger partial charge in [0.1, 0.15) is 12.6 Å². The zero-order valence-corrected chi connectivity index (χ0v) is 40.0. The van der Waals surface area contributed by atoms with Crippen molar-refractivity contribution in [1.82, 2.24) is 0 Å². The summed E-state index contributed by atoms with van der Waals surface area (Å²) in [5.74, 6) is -1.81. The van der Waals surface area contributed by atoms with E-state index in [0.29, 0.717) is 12.8 Å². The number of likely N-dealkylation sites (N-methyl/N-ethyl adjacent to an activating group) is 1. The largest absolute Gasteiger partial charge is 0.544 e. The third kappa shape index (κ3) is 41.6. The average molecular weight is 864 g/mol. The van der Waals surface area contributed by atoms with Crippen LogP contribution in [0.15, 0.2) is 97.2 Å². The lowest BCUT2D eigenvalue weighted by molar-refractivity contribution is -0.889. The van der Waals surface area contributed by atoms with Crippen LogP contribution in [0.1, 0.15) is 174 Å². The van der Waals surface area contributed by atoms with Crippen LogP contribution in [0.3, 0.4) is 0 Å². The smallest absolute Gasteiger partial charge is 0.306 e. The number of carboxylic acids is 1. The number of aliphatic carboxylic acids is 1. The Morgan fingerprint density at radius 1 is 0.500 bits per heavy atom. The number of carbonyl (C=O) groups excluding carboxylic acids is 3. The molecule has 0 N–H and O–H groups in total. The van der Waals surface area contributed by atoms with E-state index in [1.54, 1.807) is 21.1 Å². The van der Waals surface area contributed by atoms with Crippen LogP contribution in [0.25, 0.3) is 0 Å². The Hall–Kier alpha value is -3.75. The van der Waals surface area contributed by atoms with Crippen LogP contribution in [-0.2, 0) is 28.6 Å². The maximum atomic E-state index is 12.8. The summed E-state index contributed by atoms with van der Waals surface area (Å²) >= 11 is 0. The first kappa shape index (κ1) is 58.2. The highest BCUT2D eigenvalue weighted by Crippen LogP contribution is 2.14. The molecule has 0 aliphatic heterocycles. The minimum atomic E-state index is -1.14. The maximum Gasteiger partial charge on any atom is 0.306 e. The molecule has 0 saturated carbocycles. The maximum absolute atomic E-state index is 12.8. The summed E-state index contributed by atoms with van der Waals surface area (Å²) in [6, 6.07) is -0.740. The predicted molar refractivity (Wildman–Crippen MR) is 258 cm³/mol.